The molecule has 1 aromatic rings. The summed E-state index contributed by atoms with van der Waals surface area (Å²) in [7, 11) is 0. The molecule has 1 rings (SSSR count). The van der Waals surface area contributed by atoms with Crippen LogP contribution in [0.15, 0.2) is 36.5 Å². The molecule has 20 heavy (non-hydrogen) atoms. The molecule has 0 radical (unpaired) electrons. The highest BCUT2D eigenvalue weighted by Gasteiger charge is 2.05. The highest BCUT2D eigenvalue weighted by Crippen LogP contribution is 2.13. The first kappa shape index (κ1) is 15.8. The summed E-state index contributed by atoms with van der Waals surface area (Å²) in [6.07, 6.45) is 3.47. The van der Waals surface area contributed by atoms with E-state index >= 15 is 0 Å². The molecule has 5 heteroatoms. The van der Waals surface area contributed by atoms with Crippen molar-refractivity contribution in [3.8, 4) is 0 Å². The molecule has 0 heterocycles. The number of urea groups is 1. The number of nitrogens with one attached hydrogen (secondary N) is 2. The minimum absolute atomic E-state index is 0.00571. The molecule has 0 aromatic heterocycles. The summed E-state index contributed by atoms with van der Waals surface area (Å²) in [6.45, 7) is 6.10. The molecule has 108 valence electrons. The van der Waals surface area contributed by atoms with Crippen LogP contribution in [0.3, 0.4) is 0 Å². The lowest BCUT2D eigenvalue weighted by molar-refractivity contribution is -0.136. The maximum atomic E-state index is 11.6. The van der Waals surface area contributed by atoms with Crippen LogP contribution in [-0.2, 0) is 11.2 Å². The molecule has 0 unspecified atom stereocenters. The van der Waals surface area contributed by atoms with E-state index in [1.807, 2.05) is 26.8 Å². The summed E-state index contributed by atoms with van der Waals surface area (Å²) < 4.78 is 0. The number of carboxylic acids is 1. The predicted molar refractivity (Wildman–Crippen MR) is 78.5 cm³/mol. The van der Waals surface area contributed by atoms with Crippen molar-refractivity contribution in [2.75, 3.05) is 5.32 Å². The number of benzene rings is 1. The van der Waals surface area contributed by atoms with Gasteiger partial charge in [-0.15, -0.1) is 0 Å². The average Bonchev–Trinajstić information content (AvgIpc) is 2.29. The minimum atomic E-state index is -0.879. The van der Waals surface area contributed by atoms with Crippen LogP contribution in [0.5, 0.6) is 0 Å². The van der Waals surface area contributed by atoms with Gasteiger partial charge in [-0.2, -0.15) is 0 Å². The fraction of sp³-hybridized carbons (Fsp3) is 0.333. The van der Waals surface area contributed by atoms with Crippen molar-refractivity contribution in [3.05, 3.63) is 42.1 Å². The summed E-state index contributed by atoms with van der Waals surface area (Å²) >= 11 is 0. The van der Waals surface area contributed by atoms with Crippen molar-refractivity contribution in [1.29, 1.82) is 0 Å². The van der Waals surface area contributed by atoms with Crippen LogP contribution in [0.25, 0.3) is 0 Å². The van der Waals surface area contributed by atoms with E-state index in [4.69, 9.17) is 5.11 Å². The van der Waals surface area contributed by atoms with Gasteiger partial charge < -0.3 is 15.7 Å². The van der Waals surface area contributed by atoms with Crippen molar-refractivity contribution in [3.63, 3.8) is 0 Å². The largest absolute Gasteiger partial charge is 0.481 e. The maximum Gasteiger partial charge on any atom is 0.323 e. The molecule has 3 N–H and O–H groups in total. The monoisotopic (exact) mass is 276 g/mol. The first-order valence-electron chi connectivity index (χ1n) is 6.32. The summed E-state index contributed by atoms with van der Waals surface area (Å²) in [6, 6.07) is 6.36. The van der Waals surface area contributed by atoms with E-state index in [2.05, 4.69) is 10.6 Å². The Balaban J connectivity index is 2.50. The van der Waals surface area contributed by atoms with Crippen LogP contribution in [0.1, 0.15) is 26.3 Å². The minimum Gasteiger partial charge on any atom is -0.481 e. The van der Waals surface area contributed by atoms with Crippen molar-refractivity contribution in [1.82, 2.24) is 5.32 Å². The molecule has 2 amide bonds. The molecule has 0 fully saturated rings. The van der Waals surface area contributed by atoms with Gasteiger partial charge in [-0.05, 0) is 23.1 Å². The van der Waals surface area contributed by atoms with Gasteiger partial charge in [0.2, 0.25) is 0 Å². The molecule has 0 aliphatic heterocycles. The standard InChI is InChI=1S/C15H20N2O3/c1-15(2,3)8-9-16-14(20)17-12-6-4-11(5-7-12)10-13(18)19/h4-9H,10H2,1-3H3,(H,18,19)(H2,16,17,20)/b9-8+. The molecule has 1 aromatic carbocycles. The van der Waals surface area contributed by atoms with Gasteiger partial charge in [0.05, 0.1) is 6.42 Å². The van der Waals surface area contributed by atoms with Crippen LogP contribution >= 0.6 is 0 Å². The Kier molecular flexibility index (Phi) is 5.32. The molecular weight excluding hydrogens is 256 g/mol. The van der Waals surface area contributed by atoms with E-state index < -0.39 is 5.97 Å². The zero-order chi connectivity index (χ0) is 15.2. The van der Waals surface area contributed by atoms with Gasteiger partial charge in [0.25, 0.3) is 0 Å². The van der Waals surface area contributed by atoms with Gasteiger partial charge in [-0.3, -0.25) is 4.79 Å². The second kappa shape index (κ2) is 6.75. The van der Waals surface area contributed by atoms with Gasteiger partial charge in [0.1, 0.15) is 0 Å². The van der Waals surface area contributed by atoms with Crippen LogP contribution in [0, 0.1) is 5.41 Å². The number of anilines is 1. The Morgan fingerprint density at radius 2 is 1.80 bits per heavy atom. The Bertz CT molecular complexity index is 499. The summed E-state index contributed by atoms with van der Waals surface area (Å²) in [5, 5.41) is 13.9. The maximum absolute atomic E-state index is 11.6. The van der Waals surface area contributed by atoms with E-state index in [0.29, 0.717) is 11.3 Å². The van der Waals surface area contributed by atoms with Gasteiger partial charge in [0, 0.05) is 11.9 Å². The molecule has 0 spiro atoms. The average molecular weight is 276 g/mol. The van der Waals surface area contributed by atoms with E-state index in [1.165, 1.54) is 0 Å². The topological polar surface area (TPSA) is 78.4 Å². The van der Waals surface area contributed by atoms with E-state index in [-0.39, 0.29) is 17.9 Å². The molecule has 0 saturated carbocycles. The molecule has 5 nitrogen and oxygen atoms in total. The lowest BCUT2D eigenvalue weighted by Crippen LogP contribution is -2.24. The van der Waals surface area contributed by atoms with Crippen LogP contribution in [0.4, 0.5) is 10.5 Å². The zero-order valence-electron chi connectivity index (χ0n) is 11.9. The van der Waals surface area contributed by atoms with E-state index in [9.17, 15) is 9.59 Å². The number of carbonyl (C=O) groups excluding carboxylic acids is 1. The van der Waals surface area contributed by atoms with Crippen molar-refractivity contribution in [2.45, 2.75) is 27.2 Å². The number of aliphatic carboxylic acids is 1. The number of hydrogen-bond acceptors (Lipinski definition) is 2. The third-order valence-corrected chi connectivity index (χ3v) is 2.36. The number of rotatable bonds is 4. The van der Waals surface area contributed by atoms with Crippen LogP contribution in [-0.4, -0.2) is 17.1 Å². The van der Waals surface area contributed by atoms with Crippen LogP contribution in [0.2, 0.25) is 0 Å². The molecule has 0 saturated heterocycles. The number of hydrogen-bond donors (Lipinski definition) is 3. The summed E-state index contributed by atoms with van der Waals surface area (Å²) in [4.78, 5) is 22.1. The van der Waals surface area contributed by atoms with E-state index in [0.717, 1.165) is 0 Å². The SMILES string of the molecule is CC(C)(C)/C=C/NC(=O)Nc1ccc(CC(=O)O)cc1. The molecule has 0 aliphatic carbocycles. The molecular formula is C15H20N2O3. The summed E-state index contributed by atoms with van der Waals surface area (Å²) in [5.41, 5.74) is 1.31. The highest BCUT2D eigenvalue weighted by molar-refractivity contribution is 5.89. The lowest BCUT2D eigenvalue weighted by atomic mass is 9.97. The Hall–Kier alpha value is -2.30. The smallest absolute Gasteiger partial charge is 0.323 e. The predicted octanol–water partition coefficient (Wildman–Crippen LogP) is 3.00. The van der Waals surface area contributed by atoms with Crippen molar-refractivity contribution >= 4 is 17.7 Å². The normalized spacial score (nSPS) is 11.3. The summed E-state index contributed by atoms with van der Waals surface area (Å²) in [5.74, 6) is -0.879. The lowest BCUT2D eigenvalue weighted by Gasteiger charge is -2.11. The first-order valence-corrected chi connectivity index (χ1v) is 6.32. The Morgan fingerprint density at radius 3 is 2.30 bits per heavy atom. The number of allylic oxidation sites excluding steroid dienone is 1. The second-order valence-corrected chi connectivity index (χ2v) is 5.57. The molecule has 0 atom stereocenters. The molecule has 0 aliphatic rings. The number of carboxylic acid groups (broad SMARTS) is 1. The van der Waals surface area contributed by atoms with Crippen LogP contribution < -0.4 is 10.6 Å². The third kappa shape index (κ3) is 6.58. The van der Waals surface area contributed by atoms with Crippen molar-refractivity contribution in [2.24, 2.45) is 5.41 Å². The van der Waals surface area contributed by atoms with Gasteiger partial charge in [-0.1, -0.05) is 39.0 Å². The van der Waals surface area contributed by atoms with E-state index in [1.54, 1.807) is 30.5 Å². The fourth-order valence-corrected chi connectivity index (χ4v) is 1.42. The van der Waals surface area contributed by atoms with Gasteiger partial charge in [0.15, 0.2) is 0 Å². The Labute approximate surface area is 118 Å². The number of amides is 2. The quantitative estimate of drug-likeness (QED) is 0.791. The third-order valence-electron chi connectivity index (χ3n) is 2.36. The molecule has 0 bridgehead atoms. The van der Waals surface area contributed by atoms with Crippen molar-refractivity contribution < 1.29 is 14.7 Å². The zero-order valence-corrected chi connectivity index (χ0v) is 11.9. The number of carbonyl (C=O) groups is 2. The Morgan fingerprint density at radius 1 is 1.20 bits per heavy atom. The first-order chi connectivity index (χ1) is 9.26. The highest BCUT2D eigenvalue weighted by atomic mass is 16.4. The van der Waals surface area contributed by atoms with Gasteiger partial charge in [-0.25, -0.2) is 4.79 Å². The van der Waals surface area contributed by atoms with Gasteiger partial charge >= 0.3 is 12.0 Å². The fourth-order valence-electron chi connectivity index (χ4n) is 1.42. The second-order valence-electron chi connectivity index (χ2n) is 5.57.